The van der Waals surface area contributed by atoms with Crippen LogP contribution < -0.4 is 15.0 Å². The Morgan fingerprint density at radius 1 is 1.03 bits per heavy atom. The van der Waals surface area contributed by atoms with Crippen LogP contribution in [0.5, 0.6) is 5.75 Å². The van der Waals surface area contributed by atoms with Crippen LogP contribution in [0.15, 0.2) is 60.8 Å². The Balaban J connectivity index is 1.50. The fourth-order valence-corrected chi connectivity index (χ4v) is 5.19. The van der Waals surface area contributed by atoms with E-state index < -0.39 is 0 Å². The molecule has 0 spiro atoms. The maximum Gasteiger partial charge on any atom is 0.142 e. The standard InChI is InChI=1S/C28H29ClN4O/c1-32-27(20-8-10-21(11-9-20)33-16-14-30-15-17-33)25(26-23(29)12-13-31-28(26)32)22-4-2-3-5-24(22)34-18-19-6-7-19/h2-5,8-13,19,30H,6-7,14-18H2,1H3. The molecule has 34 heavy (non-hydrogen) atoms. The highest BCUT2D eigenvalue weighted by Gasteiger charge is 2.26. The van der Waals surface area contributed by atoms with E-state index >= 15 is 0 Å². The highest BCUT2D eigenvalue weighted by atomic mass is 35.5. The smallest absolute Gasteiger partial charge is 0.142 e. The molecule has 1 aliphatic heterocycles. The van der Waals surface area contributed by atoms with E-state index in [0.29, 0.717) is 10.9 Å². The van der Waals surface area contributed by atoms with Gasteiger partial charge in [-0.2, -0.15) is 0 Å². The van der Waals surface area contributed by atoms with Crippen molar-refractivity contribution in [2.24, 2.45) is 13.0 Å². The summed E-state index contributed by atoms with van der Waals surface area (Å²) in [6.45, 7) is 4.88. The molecule has 1 aliphatic carbocycles. The fourth-order valence-electron chi connectivity index (χ4n) is 4.95. The van der Waals surface area contributed by atoms with Gasteiger partial charge in [-0.3, -0.25) is 0 Å². The first-order valence-corrected chi connectivity index (χ1v) is 12.5. The lowest BCUT2D eigenvalue weighted by Gasteiger charge is -2.29. The minimum atomic E-state index is 0.683. The lowest BCUT2D eigenvalue weighted by molar-refractivity contribution is 0.301. The van der Waals surface area contributed by atoms with Gasteiger partial charge in [0, 0.05) is 61.6 Å². The minimum absolute atomic E-state index is 0.683. The second-order valence-electron chi connectivity index (χ2n) is 9.31. The molecule has 0 atom stereocenters. The number of para-hydroxylation sites is 1. The third kappa shape index (κ3) is 3.93. The van der Waals surface area contributed by atoms with Crippen molar-refractivity contribution in [2.45, 2.75) is 12.8 Å². The van der Waals surface area contributed by atoms with E-state index in [1.165, 1.54) is 18.5 Å². The molecular formula is C28H29ClN4O. The summed E-state index contributed by atoms with van der Waals surface area (Å²) >= 11 is 6.79. The Kier molecular flexibility index (Phi) is 5.67. The molecule has 4 aromatic rings. The van der Waals surface area contributed by atoms with Crippen LogP contribution in [0.25, 0.3) is 33.4 Å². The number of pyridine rings is 1. The van der Waals surface area contributed by atoms with Gasteiger partial charge in [0.25, 0.3) is 0 Å². The fraction of sp³-hybridized carbons (Fsp3) is 0.321. The number of benzene rings is 2. The Hall–Kier alpha value is -3.02. The molecule has 2 aliphatic rings. The van der Waals surface area contributed by atoms with Crippen LogP contribution in [0.1, 0.15) is 12.8 Å². The molecule has 174 valence electrons. The predicted octanol–water partition coefficient (Wildman–Crippen LogP) is 5.76. The third-order valence-electron chi connectivity index (χ3n) is 6.97. The number of hydrogen-bond donors (Lipinski definition) is 1. The molecule has 5 nitrogen and oxygen atoms in total. The van der Waals surface area contributed by atoms with Crippen LogP contribution in [0, 0.1) is 5.92 Å². The predicted molar refractivity (Wildman–Crippen MR) is 140 cm³/mol. The van der Waals surface area contributed by atoms with Crippen molar-refractivity contribution in [3.8, 4) is 28.1 Å². The number of anilines is 1. The van der Waals surface area contributed by atoms with Gasteiger partial charge in [-0.15, -0.1) is 0 Å². The highest BCUT2D eigenvalue weighted by molar-refractivity contribution is 6.37. The first kappa shape index (κ1) is 21.5. The number of fused-ring (bicyclic) bond motifs is 1. The molecule has 1 saturated carbocycles. The Morgan fingerprint density at radius 3 is 2.56 bits per heavy atom. The second-order valence-corrected chi connectivity index (χ2v) is 9.72. The van der Waals surface area contributed by atoms with E-state index in [-0.39, 0.29) is 0 Å². The average Bonchev–Trinajstić information content (AvgIpc) is 3.67. The van der Waals surface area contributed by atoms with Gasteiger partial charge < -0.3 is 19.5 Å². The Bertz CT molecular complexity index is 1320. The Labute approximate surface area is 205 Å². The van der Waals surface area contributed by atoms with Crippen LogP contribution in [0.3, 0.4) is 0 Å². The molecule has 3 heterocycles. The summed E-state index contributed by atoms with van der Waals surface area (Å²) in [5.41, 5.74) is 6.52. The molecule has 0 amide bonds. The van der Waals surface area contributed by atoms with Gasteiger partial charge in [-0.1, -0.05) is 41.9 Å². The number of rotatable bonds is 6. The van der Waals surface area contributed by atoms with Gasteiger partial charge >= 0.3 is 0 Å². The summed E-state index contributed by atoms with van der Waals surface area (Å²) in [6, 6.07) is 19.1. The van der Waals surface area contributed by atoms with Gasteiger partial charge in [-0.05, 0) is 48.6 Å². The molecule has 2 fully saturated rings. The second kappa shape index (κ2) is 8.97. The maximum atomic E-state index is 6.79. The average molecular weight is 473 g/mol. The van der Waals surface area contributed by atoms with Gasteiger partial charge in [-0.25, -0.2) is 4.98 Å². The molecule has 6 heteroatoms. The topological polar surface area (TPSA) is 42.3 Å². The number of hydrogen-bond acceptors (Lipinski definition) is 4. The lowest BCUT2D eigenvalue weighted by Crippen LogP contribution is -2.43. The number of ether oxygens (including phenoxy) is 1. The van der Waals surface area contributed by atoms with E-state index in [4.69, 9.17) is 21.3 Å². The van der Waals surface area contributed by atoms with E-state index in [2.05, 4.69) is 64.3 Å². The number of nitrogens with one attached hydrogen (secondary N) is 1. The normalized spacial score (nSPS) is 16.2. The van der Waals surface area contributed by atoms with Crippen molar-refractivity contribution in [1.29, 1.82) is 0 Å². The van der Waals surface area contributed by atoms with Crippen molar-refractivity contribution in [1.82, 2.24) is 14.9 Å². The number of halogens is 1. The molecule has 1 saturated heterocycles. The molecule has 0 unspecified atom stereocenters. The molecule has 2 aromatic heterocycles. The van der Waals surface area contributed by atoms with E-state index in [1.54, 1.807) is 6.20 Å². The van der Waals surface area contributed by atoms with Crippen molar-refractivity contribution in [2.75, 3.05) is 37.7 Å². The van der Waals surface area contributed by atoms with Crippen LogP contribution in [0.2, 0.25) is 5.02 Å². The molecule has 2 aromatic carbocycles. The van der Waals surface area contributed by atoms with Gasteiger partial charge in [0.2, 0.25) is 0 Å². The molecular weight excluding hydrogens is 444 g/mol. The van der Waals surface area contributed by atoms with Crippen molar-refractivity contribution >= 4 is 28.3 Å². The minimum Gasteiger partial charge on any atom is -0.493 e. The lowest BCUT2D eigenvalue weighted by atomic mass is 9.97. The van der Waals surface area contributed by atoms with Crippen LogP contribution >= 0.6 is 11.6 Å². The largest absolute Gasteiger partial charge is 0.493 e. The van der Waals surface area contributed by atoms with Crippen molar-refractivity contribution in [3.63, 3.8) is 0 Å². The van der Waals surface area contributed by atoms with Gasteiger partial charge in [0.1, 0.15) is 11.4 Å². The number of nitrogens with zero attached hydrogens (tertiary/aromatic N) is 3. The summed E-state index contributed by atoms with van der Waals surface area (Å²) in [5.74, 6) is 1.59. The monoisotopic (exact) mass is 472 g/mol. The molecule has 6 rings (SSSR count). The number of aromatic nitrogens is 2. The third-order valence-corrected chi connectivity index (χ3v) is 7.29. The molecule has 0 radical (unpaired) electrons. The van der Waals surface area contributed by atoms with Crippen LogP contribution in [0.4, 0.5) is 5.69 Å². The summed E-state index contributed by atoms with van der Waals surface area (Å²) < 4.78 is 8.48. The number of aryl methyl sites for hydroxylation is 1. The van der Waals surface area contributed by atoms with Crippen molar-refractivity contribution in [3.05, 3.63) is 65.8 Å². The molecule has 0 bridgehead atoms. The summed E-state index contributed by atoms with van der Waals surface area (Å²) in [6.07, 6.45) is 4.30. The van der Waals surface area contributed by atoms with Crippen LogP contribution in [-0.4, -0.2) is 42.3 Å². The van der Waals surface area contributed by atoms with Gasteiger partial charge in [0.05, 0.1) is 17.3 Å². The zero-order valence-corrected chi connectivity index (χ0v) is 20.2. The van der Waals surface area contributed by atoms with Gasteiger partial charge in [0.15, 0.2) is 0 Å². The van der Waals surface area contributed by atoms with E-state index in [1.807, 2.05) is 12.1 Å². The Morgan fingerprint density at radius 2 is 1.79 bits per heavy atom. The van der Waals surface area contributed by atoms with E-state index in [0.717, 1.165) is 72.0 Å². The van der Waals surface area contributed by atoms with E-state index in [9.17, 15) is 0 Å². The zero-order chi connectivity index (χ0) is 23.1. The SMILES string of the molecule is Cn1c(-c2ccc(N3CCNCC3)cc2)c(-c2ccccc2OCC2CC2)c2c(Cl)ccnc21. The van der Waals surface area contributed by atoms with Crippen molar-refractivity contribution < 1.29 is 4.74 Å². The maximum absolute atomic E-state index is 6.79. The quantitative estimate of drug-likeness (QED) is 0.387. The van der Waals surface area contributed by atoms with Crippen LogP contribution in [-0.2, 0) is 7.05 Å². The first-order chi connectivity index (χ1) is 16.7. The summed E-state index contributed by atoms with van der Waals surface area (Å²) in [5, 5.41) is 5.10. The zero-order valence-electron chi connectivity index (χ0n) is 19.4. The highest BCUT2D eigenvalue weighted by Crippen LogP contribution is 2.46. The summed E-state index contributed by atoms with van der Waals surface area (Å²) in [4.78, 5) is 7.13. The number of piperazine rings is 1. The summed E-state index contributed by atoms with van der Waals surface area (Å²) in [7, 11) is 2.07. The first-order valence-electron chi connectivity index (χ1n) is 12.1. The molecule has 1 N–H and O–H groups in total.